The number of pyridine rings is 1. The number of carbonyl (C=O) groups is 1. The first-order chi connectivity index (χ1) is 9.99. The molecule has 2 aromatic rings. The highest BCUT2D eigenvalue weighted by Crippen LogP contribution is 2.18. The third-order valence-corrected chi connectivity index (χ3v) is 2.97. The number of aromatic nitrogens is 1. The fourth-order valence-electron chi connectivity index (χ4n) is 1.96. The van der Waals surface area contributed by atoms with Crippen LogP contribution in [0.4, 0.5) is 0 Å². The smallest absolute Gasteiger partial charge is 0.269 e. The van der Waals surface area contributed by atoms with Crippen LogP contribution in [-0.2, 0) is 6.42 Å². The summed E-state index contributed by atoms with van der Waals surface area (Å²) in [6.45, 7) is 3.47. The monoisotopic (exact) mass is 284 g/mol. The van der Waals surface area contributed by atoms with E-state index in [9.17, 15) is 15.0 Å². The van der Waals surface area contributed by atoms with E-state index in [-0.39, 0.29) is 23.1 Å². The van der Waals surface area contributed by atoms with E-state index in [1.807, 2.05) is 6.07 Å². The van der Waals surface area contributed by atoms with Crippen molar-refractivity contribution >= 4 is 11.7 Å². The van der Waals surface area contributed by atoms with Gasteiger partial charge < -0.3 is 15.5 Å². The Kier molecular flexibility index (Phi) is 4.23. The lowest BCUT2D eigenvalue weighted by Crippen LogP contribution is -2.20. The summed E-state index contributed by atoms with van der Waals surface area (Å²) in [4.78, 5) is 16.0. The first-order valence-corrected chi connectivity index (χ1v) is 6.39. The Labute approximate surface area is 122 Å². The van der Waals surface area contributed by atoms with Crippen LogP contribution in [0, 0.1) is 0 Å². The van der Waals surface area contributed by atoms with E-state index in [2.05, 4.69) is 16.9 Å². The van der Waals surface area contributed by atoms with Gasteiger partial charge >= 0.3 is 0 Å². The molecule has 0 bridgehead atoms. The number of aliphatic hydroxyl groups excluding tert-OH is 1. The number of rotatable bonds is 4. The molecule has 0 radical (unpaired) electrons. The van der Waals surface area contributed by atoms with Crippen molar-refractivity contribution in [2.24, 2.45) is 0 Å². The van der Waals surface area contributed by atoms with Gasteiger partial charge in [0.05, 0.1) is 0 Å². The average Bonchev–Trinajstić information content (AvgIpc) is 2.46. The Morgan fingerprint density at radius 3 is 2.71 bits per heavy atom. The minimum atomic E-state index is -0.338. The van der Waals surface area contributed by atoms with Crippen LogP contribution in [0.2, 0.25) is 0 Å². The van der Waals surface area contributed by atoms with E-state index in [0.717, 1.165) is 5.56 Å². The second-order valence-electron chi connectivity index (χ2n) is 4.60. The summed E-state index contributed by atoms with van der Waals surface area (Å²) < 4.78 is 0. The number of benzene rings is 1. The van der Waals surface area contributed by atoms with E-state index in [1.165, 1.54) is 13.1 Å². The number of carbonyl (C=O) groups excluding carboxylic acids is 1. The molecule has 0 saturated heterocycles. The molecule has 5 heteroatoms. The molecule has 1 aromatic heterocycles. The van der Waals surface area contributed by atoms with Crippen LogP contribution >= 0.6 is 0 Å². The zero-order chi connectivity index (χ0) is 15.4. The fraction of sp³-hybridized carbons (Fsp3) is 0.125. The number of hydrogen-bond acceptors (Lipinski definition) is 4. The molecule has 108 valence electrons. The SMILES string of the molecule is C=C(O)c1cc(Cc2cccc(O)c2)nc(C(=O)NC)c1. The highest BCUT2D eigenvalue weighted by atomic mass is 16.3. The van der Waals surface area contributed by atoms with Crippen LogP contribution in [0.15, 0.2) is 43.0 Å². The second-order valence-corrected chi connectivity index (χ2v) is 4.60. The van der Waals surface area contributed by atoms with E-state index in [1.54, 1.807) is 24.3 Å². The molecule has 0 aliphatic carbocycles. The largest absolute Gasteiger partial charge is 0.508 e. The third-order valence-electron chi connectivity index (χ3n) is 2.97. The van der Waals surface area contributed by atoms with E-state index < -0.39 is 0 Å². The quantitative estimate of drug-likeness (QED) is 0.752. The van der Waals surface area contributed by atoms with Crippen molar-refractivity contribution in [2.75, 3.05) is 7.05 Å². The van der Waals surface area contributed by atoms with Crippen molar-refractivity contribution in [3.8, 4) is 5.75 Å². The molecule has 1 heterocycles. The van der Waals surface area contributed by atoms with Crippen LogP contribution in [0.3, 0.4) is 0 Å². The number of amides is 1. The predicted octanol–water partition coefficient (Wildman–Crippen LogP) is 2.27. The number of phenolic OH excluding ortho intramolecular Hbond substituents is 1. The van der Waals surface area contributed by atoms with Crippen LogP contribution < -0.4 is 5.32 Å². The van der Waals surface area contributed by atoms with Crippen LogP contribution in [0.1, 0.15) is 27.3 Å². The summed E-state index contributed by atoms with van der Waals surface area (Å²) in [6.07, 6.45) is 0.430. The van der Waals surface area contributed by atoms with Gasteiger partial charge in [-0.2, -0.15) is 0 Å². The van der Waals surface area contributed by atoms with E-state index in [0.29, 0.717) is 17.7 Å². The molecule has 2 rings (SSSR count). The van der Waals surface area contributed by atoms with Crippen molar-refractivity contribution in [3.63, 3.8) is 0 Å². The molecule has 3 N–H and O–H groups in total. The second kappa shape index (κ2) is 6.09. The lowest BCUT2D eigenvalue weighted by atomic mass is 10.1. The molecule has 0 atom stereocenters. The minimum Gasteiger partial charge on any atom is -0.508 e. The Balaban J connectivity index is 2.40. The molecule has 0 aliphatic heterocycles. The number of aromatic hydroxyl groups is 1. The Morgan fingerprint density at radius 1 is 1.33 bits per heavy atom. The molecule has 21 heavy (non-hydrogen) atoms. The van der Waals surface area contributed by atoms with Gasteiger partial charge in [-0.3, -0.25) is 4.79 Å². The van der Waals surface area contributed by atoms with Crippen molar-refractivity contribution in [2.45, 2.75) is 6.42 Å². The molecule has 0 saturated carbocycles. The fourth-order valence-corrected chi connectivity index (χ4v) is 1.96. The van der Waals surface area contributed by atoms with Crippen LogP contribution in [-0.4, -0.2) is 28.2 Å². The summed E-state index contributed by atoms with van der Waals surface area (Å²) in [5.41, 5.74) is 2.11. The molecular weight excluding hydrogens is 268 g/mol. The minimum absolute atomic E-state index is 0.125. The lowest BCUT2D eigenvalue weighted by Gasteiger charge is -2.08. The number of nitrogens with one attached hydrogen (secondary N) is 1. The standard InChI is InChI=1S/C16H16N2O3/c1-10(19)12-8-13(18-15(9-12)16(21)17-2)6-11-4-3-5-14(20)7-11/h3-5,7-9,19-20H,1,6H2,2H3,(H,17,21). The van der Waals surface area contributed by atoms with Gasteiger partial charge in [0.1, 0.15) is 17.2 Å². The Bertz CT molecular complexity index is 696. The molecule has 1 aromatic carbocycles. The molecule has 1 amide bonds. The maximum atomic E-state index is 11.7. The van der Waals surface area contributed by atoms with Gasteiger partial charge in [-0.1, -0.05) is 18.7 Å². The summed E-state index contributed by atoms with van der Waals surface area (Å²) in [7, 11) is 1.51. The maximum absolute atomic E-state index is 11.7. The zero-order valence-electron chi connectivity index (χ0n) is 11.6. The van der Waals surface area contributed by atoms with Gasteiger partial charge in [0, 0.05) is 24.7 Å². The summed E-state index contributed by atoms with van der Waals surface area (Å²) in [5, 5.41) is 21.5. The van der Waals surface area contributed by atoms with Gasteiger partial charge in [0.25, 0.3) is 5.91 Å². The van der Waals surface area contributed by atoms with Crippen molar-refractivity contribution in [1.82, 2.24) is 10.3 Å². The number of aliphatic hydroxyl groups is 1. The predicted molar refractivity (Wildman–Crippen MR) is 80.2 cm³/mol. The van der Waals surface area contributed by atoms with E-state index >= 15 is 0 Å². The Hall–Kier alpha value is -2.82. The normalized spacial score (nSPS) is 10.1. The maximum Gasteiger partial charge on any atom is 0.269 e. The lowest BCUT2D eigenvalue weighted by molar-refractivity contribution is 0.0958. The first kappa shape index (κ1) is 14.6. The average molecular weight is 284 g/mol. The van der Waals surface area contributed by atoms with Crippen molar-refractivity contribution < 1.29 is 15.0 Å². The van der Waals surface area contributed by atoms with Gasteiger partial charge in [-0.15, -0.1) is 0 Å². The molecule has 0 spiro atoms. The molecular formula is C16H16N2O3. The van der Waals surface area contributed by atoms with Crippen molar-refractivity contribution in [3.05, 3.63) is 65.5 Å². The highest BCUT2D eigenvalue weighted by molar-refractivity contribution is 5.92. The highest BCUT2D eigenvalue weighted by Gasteiger charge is 2.11. The van der Waals surface area contributed by atoms with Gasteiger partial charge in [-0.25, -0.2) is 4.98 Å². The molecule has 0 aliphatic rings. The topological polar surface area (TPSA) is 82.5 Å². The summed E-state index contributed by atoms with van der Waals surface area (Å²) >= 11 is 0. The van der Waals surface area contributed by atoms with Crippen molar-refractivity contribution in [1.29, 1.82) is 0 Å². The number of nitrogens with zero attached hydrogens (tertiary/aromatic N) is 1. The van der Waals surface area contributed by atoms with Crippen LogP contribution in [0.5, 0.6) is 5.75 Å². The molecule has 0 fully saturated rings. The van der Waals surface area contributed by atoms with Crippen LogP contribution in [0.25, 0.3) is 5.76 Å². The van der Waals surface area contributed by atoms with Gasteiger partial charge in [-0.05, 0) is 29.8 Å². The zero-order valence-corrected chi connectivity index (χ0v) is 11.6. The summed E-state index contributed by atoms with van der Waals surface area (Å²) in [6, 6.07) is 9.94. The first-order valence-electron chi connectivity index (χ1n) is 6.39. The third kappa shape index (κ3) is 3.60. The van der Waals surface area contributed by atoms with Gasteiger partial charge in [0.15, 0.2) is 0 Å². The molecule has 5 nitrogen and oxygen atoms in total. The Morgan fingerprint density at radius 2 is 2.10 bits per heavy atom. The summed E-state index contributed by atoms with van der Waals surface area (Å²) in [5.74, 6) is -0.295. The number of phenols is 1. The van der Waals surface area contributed by atoms with E-state index in [4.69, 9.17) is 0 Å². The molecule has 0 unspecified atom stereocenters. The van der Waals surface area contributed by atoms with Gasteiger partial charge in [0.2, 0.25) is 0 Å². The number of hydrogen-bond donors (Lipinski definition) is 3.